The SMILES string of the molecule is N#Cc1ncc2cc(Cn3ccc4ccccc43)n(CCC3CCCCC3)c2n1. The van der Waals surface area contributed by atoms with E-state index in [9.17, 15) is 5.26 Å². The van der Waals surface area contributed by atoms with Crippen LogP contribution in [0.1, 0.15) is 50.0 Å². The number of rotatable bonds is 5. The van der Waals surface area contributed by atoms with Crippen molar-refractivity contribution in [2.45, 2.75) is 51.6 Å². The number of benzene rings is 1. The smallest absolute Gasteiger partial charge is 0.234 e. The third kappa shape index (κ3) is 3.51. The number of nitriles is 1. The number of hydrogen-bond donors (Lipinski definition) is 0. The molecule has 0 atom stereocenters. The number of fused-ring (bicyclic) bond motifs is 2. The molecule has 0 saturated heterocycles. The van der Waals surface area contributed by atoms with E-state index in [0.717, 1.165) is 30.0 Å². The monoisotopic (exact) mass is 383 g/mol. The molecule has 5 nitrogen and oxygen atoms in total. The van der Waals surface area contributed by atoms with Gasteiger partial charge in [-0.1, -0.05) is 50.3 Å². The Kier molecular flexibility index (Phi) is 4.77. The fraction of sp³-hybridized carbons (Fsp3) is 0.375. The second-order valence-electron chi connectivity index (χ2n) is 8.17. The van der Waals surface area contributed by atoms with Gasteiger partial charge in [0, 0.05) is 35.5 Å². The van der Waals surface area contributed by atoms with Crippen LogP contribution in [0, 0.1) is 17.2 Å². The molecule has 0 bridgehead atoms. The lowest BCUT2D eigenvalue weighted by molar-refractivity contribution is 0.324. The van der Waals surface area contributed by atoms with Gasteiger partial charge >= 0.3 is 0 Å². The Hall–Kier alpha value is -3.13. The molecule has 5 rings (SSSR count). The van der Waals surface area contributed by atoms with Crippen LogP contribution < -0.4 is 0 Å². The molecule has 1 saturated carbocycles. The average molecular weight is 383 g/mol. The molecule has 4 aromatic rings. The summed E-state index contributed by atoms with van der Waals surface area (Å²) in [6.07, 6.45) is 11.9. The lowest BCUT2D eigenvalue weighted by Gasteiger charge is -2.22. The van der Waals surface area contributed by atoms with Crippen LogP contribution in [-0.2, 0) is 13.1 Å². The molecule has 5 heteroatoms. The van der Waals surface area contributed by atoms with Crippen LogP contribution in [0.15, 0.2) is 48.8 Å². The summed E-state index contributed by atoms with van der Waals surface area (Å²) < 4.78 is 4.61. The van der Waals surface area contributed by atoms with Crippen LogP contribution in [-0.4, -0.2) is 19.1 Å². The predicted molar refractivity (Wildman–Crippen MR) is 114 cm³/mol. The van der Waals surface area contributed by atoms with Crippen LogP contribution >= 0.6 is 0 Å². The molecule has 3 heterocycles. The maximum atomic E-state index is 9.27. The summed E-state index contributed by atoms with van der Waals surface area (Å²) in [6, 6.07) is 14.9. The number of aromatic nitrogens is 4. The zero-order valence-corrected chi connectivity index (χ0v) is 16.6. The van der Waals surface area contributed by atoms with Crippen molar-refractivity contribution >= 4 is 21.9 Å². The Morgan fingerprint density at radius 2 is 1.93 bits per heavy atom. The molecular weight excluding hydrogens is 358 g/mol. The van der Waals surface area contributed by atoms with E-state index in [4.69, 9.17) is 0 Å². The molecule has 0 aliphatic heterocycles. The van der Waals surface area contributed by atoms with E-state index in [-0.39, 0.29) is 5.82 Å². The fourth-order valence-electron chi connectivity index (χ4n) is 4.77. The van der Waals surface area contributed by atoms with Gasteiger partial charge in [-0.05, 0) is 35.9 Å². The standard InChI is InChI=1S/C24H25N5/c25-15-23-26-16-20-14-21(17-28-12-11-19-8-4-5-9-22(19)28)29(24(20)27-23)13-10-18-6-2-1-3-7-18/h4-5,8-9,11-12,14,16,18H,1-3,6-7,10,13,17H2. The largest absolute Gasteiger partial charge is 0.342 e. The van der Waals surface area contributed by atoms with E-state index in [1.54, 1.807) is 6.20 Å². The highest BCUT2D eigenvalue weighted by atomic mass is 15.1. The minimum absolute atomic E-state index is 0.243. The Morgan fingerprint density at radius 1 is 1.07 bits per heavy atom. The number of aryl methyl sites for hydroxylation is 1. The van der Waals surface area contributed by atoms with E-state index >= 15 is 0 Å². The Morgan fingerprint density at radius 3 is 2.79 bits per heavy atom. The Balaban J connectivity index is 1.51. The first kappa shape index (κ1) is 17.9. The van der Waals surface area contributed by atoms with Gasteiger partial charge in [0.05, 0.1) is 6.54 Å². The molecule has 0 spiro atoms. The summed E-state index contributed by atoms with van der Waals surface area (Å²) in [5, 5.41) is 11.5. The van der Waals surface area contributed by atoms with Crippen molar-refractivity contribution in [3.05, 3.63) is 60.3 Å². The maximum Gasteiger partial charge on any atom is 0.234 e. The lowest BCUT2D eigenvalue weighted by atomic mass is 9.87. The summed E-state index contributed by atoms with van der Waals surface area (Å²) >= 11 is 0. The first-order chi connectivity index (χ1) is 14.3. The van der Waals surface area contributed by atoms with Crippen molar-refractivity contribution in [1.82, 2.24) is 19.1 Å². The average Bonchev–Trinajstić information content (AvgIpc) is 3.34. The van der Waals surface area contributed by atoms with E-state index < -0.39 is 0 Å². The normalized spacial score (nSPS) is 15.1. The van der Waals surface area contributed by atoms with E-state index in [1.807, 2.05) is 0 Å². The zero-order chi connectivity index (χ0) is 19.6. The third-order valence-electron chi connectivity index (χ3n) is 6.32. The number of para-hydroxylation sites is 1. The van der Waals surface area contributed by atoms with Gasteiger partial charge in [-0.25, -0.2) is 9.97 Å². The van der Waals surface area contributed by atoms with Gasteiger partial charge in [-0.15, -0.1) is 0 Å². The van der Waals surface area contributed by atoms with Crippen molar-refractivity contribution in [3.63, 3.8) is 0 Å². The van der Waals surface area contributed by atoms with Gasteiger partial charge in [0.2, 0.25) is 5.82 Å². The Bertz CT molecular complexity index is 1190. The molecule has 1 aromatic carbocycles. The number of nitrogens with zero attached hydrogens (tertiary/aromatic N) is 5. The summed E-state index contributed by atoms with van der Waals surface area (Å²) in [6.45, 7) is 1.74. The van der Waals surface area contributed by atoms with Crippen LogP contribution in [0.5, 0.6) is 0 Å². The first-order valence-electron chi connectivity index (χ1n) is 10.6. The molecule has 0 amide bonds. The van der Waals surface area contributed by atoms with Gasteiger partial charge in [0.1, 0.15) is 11.7 Å². The van der Waals surface area contributed by atoms with Crippen molar-refractivity contribution < 1.29 is 0 Å². The van der Waals surface area contributed by atoms with Crippen molar-refractivity contribution in [1.29, 1.82) is 5.26 Å². The van der Waals surface area contributed by atoms with E-state index in [1.165, 1.54) is 55.1 Å². The van der Waals surface area contributed by atoms with Crippen LogP contribution in [0.25, 0.3) is 21.9 Å². The van der Waals surface area contributed by atoms with Gasteiger partial charge in [-0.3, -0.25) is 0 Å². The number of hydrogen-bond acceptors (Lipinski definition) is 3. The molecule has 1 aliphatic rings. The molecule has 146 valence electrons. The molecule has 1 fully saturated rings. The summed E-state index contributed by atoms with van der Waals surface area (Å²) in [5.74, 6) is 1.05. The molecule has 0 unspecified atom stereocenters. The van der Waals surface area contributed by atoms with Crippen LogP contribution in [0.2, 0.25) is 0 Å². The highest BCUT2D eigenvalue weighted by molar-refractivity contribution is 5.80. The summed E-state index contributed by atoms with van der Waals surface area (Å²) in [4.78, 5) is 8.74. The van der Waals surface area contributed by atoms with Crippen molar-refractivity contribution in [2.24, 2.45) is 5.92 Å². The summed E-state index contributed by atoms with van der Waals surface area (Å²) in [5.41, 5.74) is 3.35. The van der Waals surface area contributed by atoms with Crippen LogP contribution in [0.4, 0.5) is 0 Å². The molecule has 0 N–H and O–H groups in total. The molecule has 3 aromatic heterocycles. The van der Waals surface area contributed by atoms with Gasteiger partial charge in [-0.2, -0.15) is 5.26 Å². The van der Waals surface area contributed by atoms with Gasteiger partial charge in [0.25, 0.3) is 0 Å². The molecule has 29 heavy (non-hydrogen) atoms. The zero-order valence-electron chi connectivity index (χ0n) is 16.6. The highest BCUT2D eigenvalue weighted by Gasteiger charge is 2.17. The fourth-order valence-corrected chi connectivity index (χ4v) is 4.77. The van der Waals surface area contributed by atoms with Crippen molar-refractivity contribution in [3.8, 4) is 6.07 Å². The minimum Gasteiger partial charge on any atom is -0.342 e. The molecule has 1 aliphatic carbocycles. The lowest BCUT2D eigenvalue weighted by Crippen LogP contribution is -2.13. The summed E-state index contributed by atoms with van der Waals surface area (Å²) in [7, 11) is 0. The van der Waals surface area contributed by atoms with Gasteiger partial charge < -0.3 is 9.13 Å². The van der Waals surface area contributed by atoms with Crippen molar-refractivity contribution in [2.75, 3.05) is 0 Å². The third-order valence-corrected chi connectivity index (χ3v) is 6.32. The second kappa shape index (κ2) is 7.71. The van der Waals surface area contributed by atoms with Gasteiger partial charge in [0.15, 0.2) is 0 Å². The maximum absolute atomic E-state index is 9.27. The van der Waals surface area contributed by atoms with E-state index in [2.05, 4.69) is 67.8 Å². The van der Waals surface area contributed by atoms with E-state index in [0.29, 0.717) is 0 Å². The van der Waals surface area contributed by atoms with Crippen LogP contribution in [0.3, 0.4) is 0 Å². The minimum atomic E-state index is 0.243. The topological polar surface area (TPSA) is 59.4 Å². The molecule has 0 radical (unpaired) electrons. The molecular formula is C24H25N5. The highest BCUT2D eigenvalue weighted by Crippen LogP contribution is 2.28. The first-order valence-corrected chi connectivity index (χ1v) is 10.6. The predicted octanol–water partition coefficient (Wildman–Crippen LogP) is 5.28. The quantitative estimate of drug-likeness (QED) is 0.471. The Labute approximate surface area is 170 Å². The second-order valence-corrected chi connectivity index (χ2v) is 8.17.